The first kappa shape index (κ1) is 18.3. The maximum Gasteiger partial charge on any atom is 0.266 e. The Morgan fingerprint density at radius 3 is 2.37 bits per heavy atom. The molecule has 0 aliphatic carbocycles. The predicted molar refractivity (Wildman–Crippen MR) is 125 cm³/mol. The van der Waals surface area contributed by atoms with E-state index in [0.717, 1.165) is 10.9 Å². The molecule has 1 heterocycles. The summed E-state index contributed by atoms with van der Waals surface area (Å²) >= 11 is 6.20. The summed E-state index contributed by atoms with van der Waals surface area (Å²) in [4.78, 5) is 18.1. The normalized spacial score (nSPS) is 11.5. The molecule has 0 N–H and O–H groups in total. The van der Waals surface area contributed by atoms with Crippen molar-refractivity contribution in [2.75, 3.05) is 0 Å². The van der Waals surface area contributed by atoms with E-state index in [2.05, 4.69) is 24.3 Å². The highest BCUT2D eigenvalue weighted by Gasteiger charge is 2.11. The van der Waals surface area contributed by atoms with Gasteiger partial charge >= 0.3 is 0 Å². The lowest BCUT2D eigenvalue weighted by Crippen LogP contribution is -2.22. The maximum absolute atomic E-state index is 13.3. The molecule has 144 valence electrons. The smallest absolute Gasteiger partial charge is 0.266 e. The van der Waals surface area contributed by atoms with Gasteiger partial charge in [0.2, 0.25) is 0 Å². The molecule has 4 heteroatoms. The minimum atomic E-state index is -0.125. The molecule has 0 radical (unpaired) electrons. The fraction of sp³-hybridized carbons (Fsp3) is 0. The summed E-state index contributed by atoms with van der Waals surface area (Å²) in [5.74, 6) is 0.550. The average molecular weight is 409 g/mol. The summed E-state index contributed by atoms with van der Waals surface area (Å²) in [5, 5.41) is 3.45. The number of benzene rings is 4. The van der Waals surface area contributed by atoms with Crippen molar-refractivity contribution in [2.45, 2.75) is 0 Å². The van der Waals surface area contributed by atoms with Crippen molar-refractivity contribution in [2.24, 2.45) is 0 Å². The quantitative estimate of drug-likeness (QED) is 0.348. The molecule has 0 bridgehead atoms. The highest BCUT2D eigenvalue weighted by molar-refractivity contribution is 6.30. The fourth-order valence-corrected chi connectivity index (χ4v) is 3.87. The molecule has 0 atom stereocenters. The number of hydrogen-bond donors (Lipinski definition) is 0. The standard InChI is InChI=1S/C26H17ClN2O/c27-20-10-6-11-21(17-20)29-25(28-24-14-4-3-13-23(24)26(29)30)16-15-19-9-5-8-18-7-1-2-12-22(18)19/h1-17H. The van der Waals surface area contributed by atoms with Crippen LogP contribution in [0.25, 0.3) is 39.5 Å². The number of rotatable bonds is 3. The zero-order valence-corrected chi connectivity index (χ0v) is 16.8. The summed E-state index contributed by atoms with van der Waals surface area (Å²) in [6.07, 6.45) is 3.89. The van der Waals surface area contributed by atoms with E-state index in [9.17, 15) is 4.79 Å². The van der Waals surface area contributed by atoms with Gasteiger partial charge in [0, 0.05) is 5.02 Å². The first-order valence-electron chi connectivity index (χ1n) is 9.64. The minimum absolute atomic E-state index is 0.125. The number of fused-ring (bicyclic) bond motifs is 2. The van der Waals surface area contributed by atoms with Gasteiger partial charge in [-0.1, -0.05) is 78.3 Å². The van der Waals surface area contributed by atoms with Crippen molar-refractivity contribution >= 4 is 45.4 Å². The summed E-state index contributed by atoms with van der Waals surface area (Å²) in [6.45, 7) is 0. The first-order chi connectivity index (χ1) is 14.7. The lowest BCUT2D eigenvalue weighted by molar-refractivity contribution is 0.944. The van der Waals surface area contributed by atoms with Crippen molar-refractivity contribution in [1.82, 2.24) is 9.55 Å². The van der Waals surface area contributed by atoms with Crippen molar-refractivity contribution in [1.29, 1.82) is 0 Å². The Labute approximate surface area is 178 Å². The van der Waals surface area contributed by atoms with E-state index in [-0.39, 0.29) is 5.56 Å². The first-order valence-corrected chi connectivity index (χ1v) is 10.0. The van der Waals surface area contributed by atoms with Gasteiger partial charge < -0.3 is 0 Å². The van der Waals surface area contributed by atoms with Crippen molar-refractivity contribution in [3.05, 3.63) is 118 Å². The molecule has 0 amide bonds. The predicted octanol–water partition coefficient (Wildman–Crippen LogP) is 6.36. The molecule has 1 aromatic heterocycles. The van der Waals surface area contributed by atoms with Crippen LogP contribution in [0.15, 0.2) is 95.8 Å². The average Bonchev–Trinajstić information content (AvgIpc) is 2.78. The van der Waals surface area contributed by atoms with Crippen LogP contribution in [0.5, 0.6) is 0 Å². The van der Waals surface area contributed by atoms with Crippen molar-refractivity contribution < 1.29 is 0 Å². The van der Waals surface area contributed by atoms with E-state index in [4.69, 9.17) is 16.6 Å². The summed E-state index contributed by atoms with van der Waals surface area (Å²) in [5.41, 5.74) is 2.29. The Kier molecular flexibility index (Phi) is 4.66. The molecule has 0 aliphatic heterocycles. The van der Waals surface area contributed by atoms with Gasteiger partial charge in [0.1, 0.15) is 5.82 Å². The van der Waals surface area contributed by atoms with Crippen LogP contribution in [-0.2, 0) is 0 Å². The highest BCUT2D eigenvalue weighted by atomic mass is 35.5. The van der Waals surface area contributed by atoms with E-state index in [1.54, 1.807) is 22.8 Å². The fourth-order valence-electron chi connectivity index (χ4n) is 3.69. The van der Waals surface area contributed by atoms with Crippen LogP contribution < -0.4 is 5.56 Å². The van der Waals surface area contributed by atoms with Crippen LogP contribution in [-0.4, -0.2) is 9.55 Å². The minimum Gasteiger partial charge on any atom is -0.268 e. The van der Waals surface area contributed by atoms with Crippen LogP contribution in [0.4, 0.5) is 0 Å². The van der Waals surface area contributed by atoms with Crippen LogP contribution in [0.3, 0.4) is 0 Å². The van der Waals surface area contributed by atoms with Gasteiger partial charge in [-0.15, -0.1) is 0 Å². The number of aromatic nitrogens is 2. The molecule has 0 saturated carbocycles. The molecular formula is C26H17ClN2O. The molecule has 0 saturated heterocycles. The second-order valence-electron chi connectivity index (χ2n) is 7.01. The topological polar surface area (TPSA) is 34.9 Å². The number of halogens is 1. The van der Waals surface area contributed by atoms with Crippen molar-refractivity contribution in [3.8, 4) is 5.69 Å². The summed E-state index contributed by atoms with van der Waals surface area (Å²) < 4.78 is 1.61. The van der Waals surface area contributed by atoms with Gasteiger partial charge in [-0.3, -0.25) is 9.36 Å². The largest absolute Gasteiger partial charge is 0.268 e. The lowest BCUT2D eigenvalue weighted by atomic mass is 10.0. The Bertz CT molecular complexity index is 1480. The number of para-hydroxylation sites is 1. The molecule has 3 nitrogen and oxygen atoms in total. The van der Waals surface area contributed by atoms with E-state index in [1.807, 2.05) is 60.7 Å². The van der Waals surface area contributed by atoms with Crippen LogP contribution in [0.2, 0.25) is 5.02 Å². The zero-order chi connectivity index (χ0) is 20.5. The lowest BCUT2D eigenvalue weighted by Gasteiger charge is -2.12. The second kappa shape index (κ2) is 7.62. The summed E-state index contributed by atoms with van der Waals surface area (Å²) in [7, 11) is 0. The summed E-state index contributed by atoms with van der Waals surface area (Å²) in [6, 6.07) is 29.0. The molecule has 0 fully saturated rings. The van der Waals surface area contributed by atoms with Crippen LogP contribution in [0, 0.1) is 0 Å². The number of nitrogens with zero attached hydrogens (tertiary/aromatic N) is 2. The van der Waals surface area contributed by atoms with Gasteiger partial charge in [-0.05, 0) is 52.7 Å². The van der Waals surface area contributed by atoms with Gasteiger partial charge in [-0.25, -0.2) is 4.98 Å². The molecule has 30 heavy (non-hydrogen) atoms. The maximum atomic E-state index is 13.3. The second-order valence-corrected chi connectivity index (χ2v) is 7.45. The molecule has 0 aliphatic rings. The Morgan fingerprint density at radius 1 is 0.767 bits per heavy atom. The molecule has 5 rings (SSSR count). The Balaban J connectivity index is 1.74. The van der Waals surface area contributed by atoms with E-state index in [1.165, 1.54) is 5.39 Å². The van der Waals surface area contributed by atoms with Crippen LogP contribution >= 0.6 is 11.6 Å². The molecule has 5 aromatic rings. The van der Waals surface area contributed by atoms with Gasteiger partial charge in [0.15, 0.2) is 0 Å². The van der Waals surface area contributed by atoms with Crippen molar-refractivity contribution in [3.63, 3.8) is 0 Å². The molecular weight excluding hydrogens is 392 g/mol. The zero-order valence-electron chi connectivity index (χ0n) is 16.0. The third kappa shape index (κ3) is 3.30. The Hall–Kier alpha value is -3.69. The molecule has 4 aromatic carbocycles. The monoisotopic (exact) mass is 408 g/mol. The third-order valence-corrected chi connectivity index (χ3v) is 5.34. The van der Waals surface area contributed by atoms with E-state index < -0.39 is 0 Å². The van der Waals surface area contributed by atoms with E-state index in [0.29, 0.717) is 27.4 Å². The van der Waals surface area contributed by atoms with E-state index >= 15 is 0 Å². The van der Waals surface area contributed by atoms with Crippen LogP contribution in [0.1, 0.15) is 11.4 Å². The van der Waals surface area contributed by atoms with Gasteiger partial charge in [0.05, 0.1) is 16.6 Å². The highest BCUT2D eigenvalue weighted by Crippen LogP contribution is 2.22. The molecule has 0 spiro atoms. The Morgan fingerprint density at radius 2 is 1.50 bits per heavy atom. The van der Waals surface area contributed by atoms with Gasteiger partial charge in [-0.2, -0.15) is 0 Å². The SMILES string of the molecule is O=c1c2ccccc2nc(C=Cc2cccc3ccccc23)n1-c1cccc(Cl)c1. The van der Waals surface area contributed by atoms with Gasteiger partial charge in [0.25, 0.3) is 5.56 Å². The molecule has 0 unspecified atom stereocenters. The third-order valence-electron chi connectivity index (χ3n) is 5.10. The number of hydrogen-bond acceptors (Lipinski definition) is 2.